The van der Waals surface area contributed by atoms with Crippen LogP contribution in [0, 0.1) is 5.92 Å². The summed E-state index contributed by atoms with van der Waals surface area (Å²) in [6.07, 6.45) is 8.15. The van der Waals surface area contributed by atoms with Crippen LogP contribution in [0.2, 0.25) is 0 Å². The van der Waals surface area contributed by atoms with Gasteiger partial charge in [0.1, 0.15) is 0 Å². The van der Waals surface area contributed by atoms with Gasteiger partial charge >= 0.3 is 6.09 Å². The summed E-state index contributed by atoms with van der Waals surface area (Å²) in [6, 6.07) is 11.3. The highest BCUT2D eigenvalue weighted by Crippen LogP contribution is 2.26. The Labute approximate surface area is 161 Å². The van der Waals surface area contributed by atoms with Crippen molar-refractivity contribution < 1.29 is 9.90 Å². The van der Waals surface area contributed by atoms with E-state index in [0.717, 1.165) is 38.6 Å². The van der Waals surface area contributed by atoms with Gasteiger partial charge in [-0.2, -0.15) is 0 Å². The number of rotatable bonds is 7. The largest absolute Gasteiger partial charge is 0.465 e. The molecule has 144 valence electrons. The lowest BCUT2D eigenvalue weighted by Crippen LogP contribution is -2.36. The van der Waals surface area contributed by atoms with E-state index < -0.39 is 6.09 Å². The molecule has 5 nitrogen and oxygen atoms in total. The van der Waals surface area contributed by atoms with E-state index in [1.54, 1.807) is 0 Å². The first-order valence-electron chi connectivity index (χ1n) is 9.88. The fourth-order valence-corrected chi connectivity index (χ4v) is 3.92. The van der Waals surface area contributed by atoms with Crippen LogP contribution in [0.4, 0.5) is 4.79 Å². The van der Waals surface area contributed by atoms with Crippen LogP contribution in [0.5, 0.6) is 0 Å². The Balaban J connectivity index is 1.57. The molecule has 0 bridgehead atoms. The number of hydrogen-bond acceptors (Lipinski definition) is 3. The molecule has 1 fully saturated rings. The van der Waals surface area contributed by atoms with Crippen LogP contribution in [0.25, 0.3) is 11.1 Å². The van der Waals surface area contributed by atoms with Crippen LogP contribution in [-0.4, -0.2) is 28.8 Å². The lowest BCUT2D eigenvalue weighted by Gasteiger charge is -2.29. The number of carbonyl (C=O) groups is 1. The van der Waals surface area contributed by atoms with Gasteiger partial charge in [0.15, 0.2) is 0 Å². The second-order valence-corrected chi connectivity index (χ2v) is 7.36. The third kappa shape index (κ3) is 5.54. The standard InChI is InChI=1S/C22H29N3O2/c1-2-17-5-6-19(18-9-11-23-12-10-18)13-20(17)15-24-21-7-3-16(4-8-21)14-25-22(26)27/h5-6,9-13,16,21,24-25H,2-4,7-8,14-15H2,1H3,(H,26,27). The minimum absolute atomic E-state index is 0.473. The topological polar surface area (TPSA) is 74.2 Å². The fourth-order valence-electron chi connectivity index (χ4n) is 3.92. The number of aryl methyl sites for hydroxylation is 1. The molecule has 0 aliphatic heterocycles. The maximum atomic E-state index is 10.6. The first-order valence-corrected chi connectivity index (χ1v) is 9.88. The van der Waals surface area contributed by atoms with Crippen molar-refractivity contribution in [3.8, 4) is 11.1 Å². The quantitative estimate of drug-likeness (QED) is 0.685. The van der Waals surface area contributed by atoms with Crippen molar-refractivity contribution in [2.75, 3.05) is 6.54 Å². The van der Waals surface area contributed by atoms with E-state index >= 15 is 0 Å². The summed E-state index contributed by atoms with van der Waals surface area (Å²) in [6.45, 7) is 3.66. The second-order valence-electron chi connectivity index (χ2n) is 7.36. The summed E-state index contributed by atoms with van der Waals surface area (Å²) in [5, 5.41) is 15.0. The summed E-state index contributed by atoms with van der Waals surface area (Å²) < 4.78 is 0. The van der Waals surface area contributed by atoms with Gasteiger partial charge in [0, 0.05) is 31.5 Å². The minimum Gasteiger partial charge on any atom is -0.465 e. The Kier molecular flexibility index (Phi) is 6.82. The van der Waals surface area contributed by atoms with Crippen LogP contribution >= 0.6 is 0 Å². The smallest absolute Gasteiger partial charge is 0.404 e. The van der Waals surface area contributed by atoms with Crippen LogP contribution in [0.15, 0.2) is 42.7 Å². The number of amides is 1. The molecular weight excluding hydrogens is 338 g/mol. The second kappa shape index (κ2) is 9.51. The molecule has 1 aliphatic rings. The van der Waals surface area contributed by atoms with E-state index in [4.69, 9.17) is 5.11 Å². The highest BCUT2D eigenvalue weighted by atomic mass is 16.4. The van der Waals surface area contributed by atoms with Crippen LogP contribution < -0.4 is 10.6 Å². The zero-order valence-corrected chi connectivity index (χ0v) is 15.9. The number of nitrogens with one attached hydrogen (secondary N) is 2. The molecule has 0 saturated heterocycles. The van der Waals surface area contributed by atoms with E-state index in [1.165, 1.54) is 22.3 Å². The van der Waals surface area contributed by atoms with Gasteiger partial charge < -0.3 is 15.7 Å². The third-order valence-electron chi connectivity index (χ3n) is 5.57. The van der Waals surface area contributed by atoms with Crippen molar-refractivity contribution in [2.45, 2.75) is 51.6 Å². The zero-order chi connectivity index (χ0) is 19.1. The van der Waals surface area contributed by atoms with Gasteiger partial charge in [0.25, 0.3) is 0 Å². The van der Waals surface area contributed by atoms with Crippen molar-refractivity contribution >= 4 is 6.09 Å². The Hall–Kier alpha value is -2.40. The average Bonchev–Trinajstić information content (AvgIpc) is 2.72. The number of benzene rings is 1. The van der Waals surface area contributed by atoms with E-state index in [0.29, 0.717) is 18.5 Å². The number of pyridine rings is 1. The van der Waals surface area contributed by atoms with Crippen molar-refractivity contribution in [1.29, 1.82) is 0 Å². The third-order valence-corrected chi connectivity index (χ3v) is 5.57. The van der Waals surface area contributed by atoms with Gasteiger partial charge in [0.2, 0.25) is 0 Å². The molecule has 1 aromatic carbocycles. The molecule has 1 heterocycles. The highest BCUT2D eigenvalue weighted by molar-refractivity contribution is 5.64. The SMILES string of the molecule is CCc1ccc(-c2ccncc2)cc1CNC1CCC(CNC(=O)O)CC1. The van der Waals surface area contributed by atoms with Gasteiger partial charge in [-0.3, -0.25) is 4.98 Å². The van der Waals surface area contributed by atoms with Crippen molar-refractivity contribution in [3.05, 3.63) is 53.9 Å². The maximum absolute atomic E-state index is 10.6. The fraction of sp³-hybridized carbons (Fsp3) is 0.455. The number of aromatic nitrogens is 1. The molecule has 1 amide bonds. The summed E-state index contributed by atoms with van der Waals surface area (Å²) in [7, 11) is 0. The summed E-state index contributed by atoms with van der Waals surface area (Å²) in [5.41, 5.74) is 5.18. The molecule has 3 N–H and O–H groups in total. The molecule has 0 radical (unpaired) electrons. The van der Waals surface area contributed by atoms with Crippen molar-refractivity contribution in [2.24, 2.45) is 5.92 Å². The predicted octanol–water partition coefficient (Wildman–Crippen LogP) is 4.23. The van der Waals surface area contributed by atoms with Gasteiger partial charge in [-0.05, 0) is 78.5 Å². The monoisotopic (exact) mass is 367 g/mol. The summed E-state index contributed by atoms with van der Waals surface area (Å²) >= 11 is 0. The normalized spacial score (nSPS) is 19.6. The molecule has 0 unspecified atom stereocenters. The average molecular weight is 367 g/mol. The Bertz CT molecular complexity index is 740. The molecule has 0 atom stereocenters. The highest BCUT2D eigenvalue weighted by Gasteiger charge is 2.21. The number of hydrogen-bond donors (Lipinski definition) is 3. The molecule has 1 aliphatic carbocycles. The van der Waals surface area contributed by atoms with Crippen molar-refractivity contribution in [1.82, 2.24) is 15.6 Å². The Morgan fingerprint density at radius 1 is 1.07 bits per heavy atom. The Morgan fingerprint density at radius 3 is 2.48 bits per heavy atom. The van der Waals surface area contributed by atoms with Crippen LogP contribution in [0.1, 0.15) is 43.7 Å². The lowest BCUT2D eigenvalue weighted by molar-refractivity contribution is 0.189. The van der Waals surface area contributed by atoms with Gasteiger partial charge in [0.05, 0.1) is 0 Å². The lowest BCUT2D eigenvalue weighted by atomic mass is 9.86. The number of carboxylic acid groups (broad SMARTS) is 1. The molecule has 1 saturated carbocycles. The number of nitrogens with zero attached hydrogens (tertiary/aromatic N) is 1. The Morgan fingerprint density at radius 2 is 1.81 bits per heavy atom. The van der Waals surface area contributed by atoms with E-state index in [-0.39, 0.29) is 0 Å². The maximum Gasteiger partial charge on any atom is 0.404 e. The molecule has 27 heavy (non-hydrogen) atoms. The van der Waals surface area contributed by atoms with Gasteiger partial charge in [-0.25, -0.2) is 4.79 Å². The molecule has 5 heteroatoms. The minimum atomic E-state index is -0.920. The van der Waals surface area contributed by atoms with Crippen molar-refractivity contribution in [3.63, 3.8) is 0 Å². The zero-order valence-electron chi connectivity index (χ0n) is 15.9. The summed E-state index contributed by atoms with van der Waals surface area (Å²) in [4.78, 5) is 14.7. The van der Waals surface area contributed by atoms with E-state index in [9.17, 15) is 4.79 Å². The first-order chi connectivity index (χ1) is 13.2. The molecule has 3 rings (SSSR count). The van der Waals surface area contributed by atoms with Crippen LogP contribution in [0.3, 0.4) is 0 Å². The van der Waals surface area contributed by atoms with Crippen LogP contribution in [-0.2, 0) is 13.0 Å². The first kappa shape index (κ1) is 19.4. The molecule has 0 spiro atoms. The molecule has 1 aromatic heterocycles. The molecule has 2 aromatic rings. The summed E-state index contributed by atoms with van der Waals surface area (Å²) in [5.74, 6) is 0.473. The van der Waals surface area contributed by atoms with Gasteiger partial charge in [-0.1, -0.05) is 19.1 Å². The van der Waals surface area contributed by atoms with E-state index in [2.05, 4.69) is 40.7 Å². The molecular formula is C22H29N3O2. The predicted molar refractivity (Wildman–Crippen MR) is 108 cm³/mol. The van der Waals surface area contributed by atoms with E-state index in [1.807, 2.05) is 24.5 Å². The van der Waals surface area contributed by atoms with Gasteiger partial charge in [-0.15, -0.1) is 0 Å².